The summed E-state index contributed by atoms with van der Waals surface area (Å²) in [7, 11) is 3.74. The van der Waals surface area contributed by atoms with E-state index in [-0.39, 0.29) is 5.41 Å². The fourth-order valence-electron chi connectivity index (χ4n) is 3.01. The first-order chi connectivity index (χ1) is 10.5. The Bertz CT molecular complexity index is 461. The first kappa shape index (κ1) is 17.1. The number of ether oxygens (including phenoxy) is 2. The van der Waals surface area contributed by atoms with E-state index >= 15 is 0 Å². The van der Waals surface area contributed by atoms with Gasteiger partial charge in [0.15, 0.2) is 0 Å². The summed E-state index contributed by atoms with van der Waals surface area (Å²) in [4.78, 5) is 13.4. The van der Waals surface area contributed by atoms with Gasteiger partial charge in [0.05, 0.1) is 26.9 Å². The zero-order chi connectivity index (χ0) is 16.0. The Labute approximate surface area is 133 Å². The molecule has 124 valence electrons. The van der Waals surface area contributed by atoms with Crippen LogP contribution in [0.3, 0.4) is 0 Å². The summed E-state index contributed by atoms with van der Waals surface area (Å²) in [5.74, 6) is 1.41. The van der Waals surface area contributed by atoms with Crippen molar-refractivity contribution >= 4 is 0 Å². The van der Waals surface area contributed by atoms with Crippen LogP contribution in [0.15, 0.2) is 12.3 Å². The molecule has 1 aliphatic heterocycles. The maximum absolute atomic E-state index is 5.42. The highest BCUT2D eigenvalue weighted by molar-refractivity contribution is 5.08. The van der Waals surface area contributed by atoms with E-state index in [0.717, 1.165) is 51.8 Å². The molecule has 0 aliphatic carbocycles. The molecule has 0 aromatic carbocycles. The molecule has 2 rings (SSSR count). The first-order valence-corrected chi connectivity index (χ1v) is 7.83. The van der Waals surface area contributed by atoms with Gasteiger partial charge in [-0.25, -0.2) is 4.98 Å². The van der Waals surface area contributed by atoms with Gasteiger partial charge in [-0.15, -0.1) is 0 Å². The van der Waals surface area contributed by atoms with Crippen LogP contribution in [0.2, 0.25) is 0 Å². The predicted octanol–water partition coefficient (Wildman–Crippen LogP) is 1.28. The molecular weight excluding hydrogens is 280 g/mol. The summed E-state index contributed by atoms with van der Waals surface area (Å²) < 4.78 is 10.6. The third kappa shape index (κ3) is 5.51. The van der Waals surface area contributed by atoms with Gasteiger partial charge in [0, 0.05) is 38.4 Å². The summed E-state index contributed by atoms with van der Waals surface area (Å²) in [5.41, 5.74) is 0.213. The normalized spacial score (nSPS) is 17.0. The van der Waals surface area contributed by atoms with Crippen molar-refractivity contribution in [3.8, 4) is 5.88 Å². The lowest BCUT2D eigenvalue weighted by atomic mass is 9.92. The molecule has 1 saturated heterocycles. The second kappa shape index (κ2) is 7.85. The summed E-state index contributed by atoms with van der Waals surface area (Å²) in [6, 6.07) is 1.77. The Morgan fingerprint density at radius 2 is 2.09 bits per heavy atom. The van der Waals surface area contributed by atoms with Crippen LogP contribution in [0.1, 0.15) is 19.7 Å². The smallest absolute Gasteiger partial charge is 0.216 e. The van der Waals surface area contributed by atoms with E-state index in [1.165, 1.54) is 0 Å². The van der Waals surface area contributed by atoms with Crippen LogP contribution in [-0.2, 0) is 11.3 Å². The topological polar surface area (TPSA) is 50.7 Å². The minimum absolute atomic E-state index is 0.213. The van der Waals surface area contributed by atoms with Crippen molar-refractivity contribution in [2.75, 3.05) is 53.6 Å². The SMILES string of the molecule is COc1ccnc(CN(C)CC(C)(C)CN2CCOCC2)n1. The van der Waals surface area contributed by atoms with E-state index in [1.807, 2.05) is 0 Å². The highest BCUT2D eigenvalue weighted by Crippen LogP contribution is 2.20. The molecule has 6 nitrogen and oxygen atoms in total. The van der Waals surface area contributed by atoms with Crippen molar-refractivity contribution in [1.29, 1.82) is 0 Å². The molecule has 1 fully saturated rings. The van der Waals surface area contributed by atoms with E-state index in [4.69, 9.17) is 9.47 Å². The summed E-state index contributed by atoms with van der Waals surface area (Å²) in [5, 5.41) is 0. The molecule has 0 atom stereocenters. The monoisotopic (exact) mass is 308 g/mol. The third-order valence-electron chi connectivity index (χ3n) is 3.75. The lowest BCUT2D eigenvalue weighted by molar-refractivity contribution is 0.0160. The fourth-order valence-corrected chi connectivity index (χ4v) is 3.01. The molecule has 0 N–H and O–H groups in total. The molecular formula is C16H28N4O2. The number of morpholine rings is 1. The number of nitrogens with zero attached hydrogens (tertiary/aromatic N) is 4. The standard InChI is InChI=1S/C16H28N4O2/c1-16(2,13-20-7-9-22-10-8-20)12-19(3)11-14-17-6-5-15(18-14)21-4/h5-6H,7-13H2,1-4H3. The van der Waals surface area contributed by atoms with Crippen LogP contribution in [0.4, 0.5) is 0 Å². The van der Waals surface area contributed by atoms with Gasteiger partial charge in [-0.3, -0.25) is 9.80 Å². The number of methoxy groups -OCH3 is 1. The summed E-state index contributed by atoms with van der Waals surface area (Å²) >= 11 is 0. The molecule has 0 amide bonds. The minimum Gasteiger partial charge on any atom is -0.481 e. The van der Waals surface area contributed by atoms with Gasteiger partial charge in [0.25, 0.3) is 0 Å². The lowest BCUT2D eigenvalue weighted by Gasteiger charge is -2.37. The summed E-state index contributed by atoms with van der Waals surface area (Å²) in [6.07, 6.45) is 1.74. The van der Waals surface area contributed by atoms with Gasteiger partial charge in [0.2, 0.25) is 5.88 Å². The average molecular weight is 308 g/mol. The van der Waals surface area contributed by atoms with Gasteiger partial charge >= 0.3 is 0 Å². The number of rotatable bonds is 7. The number of hydrogen-bond acceptors (Lipinski definition) is 6. The zero-order valence-corrected chi connectivity index (χ0v) is 14.2. The molecule has 0 saturated carbocycles. The molecule has 0 bridgehead atoms. The van der Waals surface area contributed by atoms with Crippen molar-refractivity contribution in [3.05, 3.63) is 18.1 Å². The molecule has 22 heavy (non-hydrogen) atoms. The zero-order valence-electron chi connectivity index (χ0n) is 14.2. The van der Waals surface area contributed by atoms with Crippen molar-refractivity contribution in [1.82, 2.24) is 19.8 Å². The first-order valence-electron chi connectivity index (χ1n) is 7.83. The van der Waals surface area contributed by atoms with Crippen LogP contribution >= 0.6 is 0 Å². The molecule has 6 heteroatoms. The average Bonchev–Trinajstić information content (AvgIpc) is 2.47. The second-order valence-corrected chi connectivity index (χ2v) is 6.74. The third-order valence-corrected chi connectivity index (χ3v) is 3.75. The van der Waals surface area contributed by atoms with Gasteiger partial charge in [-0.05, 0) is 12.5 Å². The van der Waals surface area contributed by atoms with E-state index < -0.39 is 0 Å². The Hall–Kier alpha value is -1.24. The quantitative estimate of drug-likeness (QED) is 0.756. The number of aromatic nitrogens is 2. The molecule has 0 radical (unpaired) electrons. The summed E-state index contributed by atoms with van der Waals surface area (Å²) in [6.45, 7) is 11.2. The second-order valence-electron chi connectivity index (χ2n) is 6.74. The predicted molar refractivity (Wildman–Crippen MR) is 86.0 cm³/mol. The van der Waals surface area contributed by atoms with E-state index in [0.29, 0.717) is 5.88 Å². The van der Waals surface area contributed by atoms with Gasteiger partial charge in [-0.2, -0.15) is 4.98 Å². The minimum atomic E-state index is 0.213. The van der Waals surface area contributed by atoms with E-state index in [1.54, 1.807) is 19.4 Å². The largest absolute Gasteiger partial charge is 0.481 e. The maximum Gasteiger partial charge on any atom is 0.216 e. The molecule has 2 heterocycles. The van der Waals surface area contributed by atoms with Crippen molar-refractivity contribution in [2.24, 2.45) is 5.41 Å². The van der Waals surface area contributed by atoms with Crippen LogP contribution < -0.4 is 4.74 Å². The van der Waals surface area contributed by atoms with Crippen LogP contribution in [0.5, 0.6) is 5.88 Å². The van der Waals surface area contributed by atoms with Crippen LogP contribution in [0.25, 0.3) is 0 Å². The molecule has 0 spiro atoms. The van der Waals surface area contributed by atoms with E-state index in [2.05, 4.69) is 40.7 Å². The molecule has 1 aromatic heterocycles. The highest BCUT2D eigenvalue weighted by atomic mass is 16.5. The van der Waals surface area contributed by atoms with Crippen LogP contribution in [0, 0.1) is 5.41 Å². The van der Waals surface area contributed by atoms with Gasteiger partial charge in [0.1, 0.15) is 5.82 Å². The lowest BCUT2D eigenvalue weighted by Crippen LogP contribution is -2.45. The Morgan fingerprint density at radius 1 is 1.36 bits per heavy atom. The highest BCUT2D eigenvalue weighted by Gasteiger charge is 2.25. The van der Waals surface area contributed by atoms with E-state index in [9.17, 15) is 0 Å². The molecule has 1 aliphatic rings. The van der Waals surface area contributed by atoms with Gasteiger partial charge < -0.3 is 9.47 Å². The fraction of sp³-hybridized carbons (Fsp3) is 0.750. The Morgan fingerprint density at radius 3 is 2.77 bits per heavy atom. The van der Waals surface area contributed by atoms with Crippen molar-refractivity contribution in [3.63, 3.8) is 0 Å². The van der Waals surface area contributed by atoms with Crippen LogP contribution in [-0.4, -0.2) is 73.3 Å². The van der Waals surface area contributed by atoms with Crippen molar-refractivity contribution < 1.29 is 9.47 Å². The molecule has 1 aromatic rings. The Balaban J connectivity index is 1.84. The van der Waals surface area contributed by atoms with Crippen molar-refractivity contribution in [2.45, 2.75) is 20.4 Å². The number of hydrogen-bond donors (Lipinski definition) is 0. The Kier molecular flexibility index (Phi) is 6.11. The van der Waals surface area contributed by atoms with Gasteiger partial charge in [-0.1, -0.05) is 13.8 Å². The maximum atomic E-state index is 5.42. The molecule has 0 unspecified atom stereocenters.